The van der Waals surface area contributed by atoms with E-state index < -0.39 is 0 Å². The first kappa shape index (κ1) is 14.3. The lowest BCUT2D eigenvalue weighted by Gasteiger charge is -2.19. The van der Waals surface area contributed by atoms with Crippen molar-refractivity contribution in [3.05, 3.63) is 36.0 Å². The summed E-state index contributed by atoms with van der Waals surface area (Å²) in [6.45, 7) is 2.06. The van der Waals surface area contributed by atoms with Gasteiger partial charge in [0, 0.05) is 24.3 Å². The van der Waals surface area contributed by atoms with Gasteiger partial charge in [0.15, 0.2) is 0 Å². The number of hydrogen-bond acceptors (Lipinski definition) is 4. The molecule has 0 aliphatic carbocycles. The third-order valence-corrected chi connectivity index (χ3v) is 4.28. The van der Waals surface area contributed by atoms with Crippen LogP contribution in [0, 0.1) is 0 Å². The molecule has 23 heavy (non-hydrogen) atoms. The molecule has 6 heteroatoms. The number of nitrogens with one attached hydrogen (secondary N) is 1. The average Bonchev–Trinajstić information content (AvgIpc) is 3.23. The second kappa shape index (κ2) is 6.04. The zero-order valence-corrected chi connectivity index (χ0v) is 12.8. The monoisotopic (exact) mass is 313 g/mol. The molecule has 1 aromatic heterocycles. The van der Waals surface area contributed by atoms with Gasteiger partial charge in [-0.05, 0) is 25.0 Å². The largest absolute Gasteiger partial charge is 0.488 e. The topological polar surface area (TPSA) is 65.4 Å². The predicted molar refractivity (Wildman–Crippen MR) is 84.0 cm³/mol. The molecule has 2 aromatic rings. The Morgan fingerprint density at radius 2 is 2.30 bits per heavy atom. The number of aromatic nitrogens is 2. The Balaban J connectivity index is 1.48. The van der Waals surface area contributed by atoms with E-state index in [0.717, 1.165) is 42.0 Å². The van der Waals surface area contributed by atoms with Crippen LogP contribution in [0.2, 0.25) is 0 Å². The first-order valence-electron chi connectivity index (χ1n) is 7.96. The molecule has 1 amide bonds. The van der Waals surface area contributed by atoms with Gasteiger partial charge >= 0.3 is 0 Å². The third kappa shape index (κ3) is 2.82. The lowest BCUT2D eigenvalue weighted by Crippen LogP contribution is -2.34. The van der Waals surface area contributed by atoms with Gasteiger partial charge in [0.05, 0.1) is 18.0 Å². The molecule has 4 rings (SSSR count). The summed E-state index contributed by atoms with van der Waals surface area (Å²) in [7, 11) is 0. The minimum absolute atomic E-state index is 0.0460. The first-order valence-corrected chi connectivity index (χ1v) is 7.96. The van der Waals surface area contributed by atoms with Crippen molar-refractivity contribution in [1.82, 2.24) is 15.1 Å². The average molecular weight is 313 g/mol. The molecule has 0 saturated carbocycles. The molecule has 120 valence electrons. The van der Waals surface area contributed by atoms with E-state index in [1.807, 2.05) is 24.3 Å². The third-order valence-electron chi connectivity index (χ3n) is 4.28. The van der Waals surface area contributed by atoms with Gasteiger partial charge in [-0.25, -0.2) is 0 Å². The van der Waals surface area contributed by atoms with Crippen molar-refractivity contribution in [2.24, 2.45) is 0 Å². The highest BCUT2D eigenvalue weighted by Crippen LogP contribution is 2.36. The smallest absolute Gasteiger partial charge is 0.241 e. The van der Waals surface area contributed by atoms with Gasteiger partial charge in [0.1, 0.15) is 18.9 Å². The zero-order valence-electron chi connectivity index (χ0n) is 12.8. The predicted octanol–water partition coefficient (Wildman–Crippen LogP) is 1.74. The highest BCUT2D eigenvalue weighted by atomic mass is 16.5. The van der Waals surface area contributed by atoms with Gasteiger partial charge in [-0.3, -0.25) is 9.48 Å². The van der Waals surface area contributed by atoms with E-state index in [0.29, 0.717) is 13.2 Å². The Labute approximate surface area is 134 Å². The number of fused-ring (bicyclic) bond motifs is 3. The van der Waals surface area contributed by atoms with E-state index in [1.54, 1.807) is 10.9 Å². The van der Waals surface area contributed by atoms with Gasteiger partial charge in [-0.1, -0.05) is 12.1 Å². The van der Waals surface area contributed by atoms with E-state index in [1.165, 1.54) is 0 Å². The van der Waals surface area contributed by atoms with Gasteiger partial charge in [0.2, 0.25) is 5.91 Å². The molecule has 2 aliphatic heterocycles. The Kier molecular flexibility index (Phi) is 3.75. The van der Waals surface area contributed by atoms with Crippen molar-refractivity contribution in [2.45, 2.75) is 32.1 Å². The van der Waals surface area contributed by atoms with E-state index in [2.05, 4.69) is 10.4 Å². The van der Waals surface area contributed by atoms with Crippen molar-refractivity contribution in [3.8, 4) is 17.0 Å². The zero-order chi connectivity index (χ0) is 15.6. The van der Waals surface area contributed by atoms with Crippen molar-refractivity contribution in [3.63, 3.8) is 0 Å². The maximum Gasteiger partial charge on any atom is 0.241 e. The summed E-state index contributed by atoms with van der Waals surface area (Å²) in [4.78, 5) is 12.2. The molecule has 2 aliphatic rings. The first-order chi connectivity index (χ1) is 11.3. The maximum absolute atomic E-state index is 12.2. The summed E-state index contributed by atoms with van der Waals surface area (Å²) in [6, 6.07) is 7.84. The van der Waals surface area contributed by atoms with Gasteiger partial charge < -0.3 is 14.8 Å². The minimum Gasteiger partial charge on any atom is -0.488 e. The number of ether oxygens (including phenoxy) is 2. The van der Waals surface area contributed by atoms with Crippen LogP contribution in [0.5, 0.6) is 5.75 Å². The van der Waals surface area contributed by atoms with Gasteiger partial charge in [-0.2, -0.15) is 5.10 Å². The number of nitrogens with zero attached hydrogens (tertiary/aromatic N) is 2. The van der Waals surface area contributed by atoms with Crippen LogP contribution in [0.1, 0.15) is 18.4 Å². The van der Waals surface area contributed by atoms with Crippen molar-refractivity contribution >= 4 is 5.91 Å². The maximum atomic E-state index is 12.2. The number of carbonyl (C=O) groups is 1. The molecule has 1 aromatic carbocycles. The summed E-state index contributed by atoms with van der Waals surface area (Å²) in [5.74, 6) is 0.789. The molecule has 6 nitrogen and oxygen atoms in total. The van der Waals surface area contributed by atoms with Crippen LogP contribution in [0.25, 0.3) is 11.3 Å². The molecule has 1 saturated heterocycles. The quantitative estimate of drug-likeness (QED) is 0.934. The molecular formula is C17H19N3O3. The molecule has 1 fully saturated rings. The van der Waals surface area contributed by atoms with Crippen LogP contribution < -0.4 is 10.1 Å². The summed E-state index contributed by atoms with van der Waals surface area (Å²) in [6.07, 6.45) is 4.02. The fourth-order valence-corrected chi connectivity index (χ4v) is 3.13. The summed E-state index contributed by atoms with van der Waals surface area (Å²) in [5.41, 5.74) is 2.97. The summed E-state index contributed by atoms with van der Waals surface area (Å²) in [5, 5.41) is 7.30. The molecule has 1 unspecified atom stereocenters. The highest BCUT2D eigenvalue weighted by molar-refractivity contribution is 5.78. The SMILES string of the molecule is O=C(Cn1ncc2c1-c1ccccc1OC2)NCC1CCCO1. The number of benzene rings is 1. The molecule has 1 atom stereocenters. The van der Waals surface area contributed by atoms with Crippen LogP contribution >= 0.6 is 0 Å². The van der Waals surface area contributed by atoms with Crippen LogP contribution in [-0.2, 0) is 22.7 Å². The van der Waals surface area contributed by atoms with E-state index >= 15 is 0 Å². The number of amides is 1. The second-order valence-corrected chi connectivity index (χ2v) is 5.90. The Hall–Kier alpha value is -2.34. The van der Waals surface area contributed by atoms with E-state index in [4.69, 9.17) is 9.47 Å². The molecule has 0 spiro atoms. The summed E-state index contributed by atoms with van der Waals surface area (Å²) < 4.78 is 13.0. The number of carbonyl (C=O) groups excluding carboxylic acids is 1. The number of para-hydroxylation sites is 1. The van der Waals surface area contributed by atoms with Crippen LogP contribution in [0.3, 0.4) is 0 Å². The number of rotatable bonds is 4. The van der Waals surface area contributed by atoms with Crippen molar-refractivity contribution < 1.29 is 14.3 Å². The van der Waals surface area contributed by atoms with Gasteiger partial charge in [0.25, 0.3) is 0 Å². The number of hydrogen-bond donors (Lipinski definition) is 1. The lowest BCUT2D eigenvalue weighted by molar-refractivity contribution is -0.122. The van der Waals surface area contributed by atoms with Crippen LogP contribution in [-0.4, -0.2) is 34.9 Å². The minimum atomic E-state index is -0.0460. The fourth-order valence-electron chi connectivity index (χ4n) is 3.13. The standard InChI is InChI=1S/C17H19N3O3/c21-16(18-9-13-4-3-7-22-13)10-20-17-12(8-19-20)11-23-15-6-2-1-5-14(15)17/h1-2,5-6,8,13H,3-4,7,9-11H2,(H,18,21). The Bertz CT molecular complexity index is 720. The molecular weight excluding hydrogens is 294 g/mol. The molecule has 0 radical (unpaired) electrons. The molecule has 0 bridgehead atoms. The van der Waals surface area contributed by atoms with E-state index in [9.17, 15) is 4.79 Å². The van der Waals surface area contributed by atoms with Crippen LogP contribution in [0.4, 0.5) is 0 Å². The van der Waals surface area contributed by atoms with E-state index in [-0.39, 0.29) is 18.6 Å². The molecule has 3 heterocycles. The van der Waals surface area contributed by atoms with Crippen molar-refractivity contribution in [1.29, 1.82) is 0 Å². The molecule has 1 N–H and O–H groups in total. The van der Waals surface area contributed by atoms with Crippen LogP contribution in [0.15, 0.2) is 30.5 Å². The fraction of sp³-hybridized carbons (Fsp3) is 0.412. The highest BCUT2D eigenvalue weighted by Gasteiger charge is 2.23. The normalized spacial score (nSPS) is 18.9. The van der Waals surface area contributed by atoms with Crippen molar-refractivity contribution in [2.75, 3.05) is 13.2 Å². The lowest BCUT2D eigenvalue weighted by atomic mass is 10.0. The Morgan fingerprint density at radius 3 is 3.17 bits per heavy atom. The Morgan fingerprint density at radius 1 is 1.39 bits per heavy atom. The second-order valence-electron chi connectivity index (χ2n) is 5.90. The van der Waals surface area contributed by atoms with Gasteiger partial charge in [-0.15, -0.1) is 0 Å². The summed E-state index contributed by atoms with van der Waals surface area (Å²) >= 11 is 0.